The van der Waals surface area contributed by atoms with Crippen LogP contribution in [0.15, 0.2) is 22.9 Å². The molecule has 0 spiro atoms. The lowest BCUT2D eigenvalue weighted by molar-refractivity contribution is -0.111. The molecule has 1 aliphatic rings. The van der Waals surface area contributed by atoms with Gasteiger partial charge in [-0.05, 0) is 30.0 Å². The smallest absolute Gasteiger partial charge is 0.180 e. The van der Waals surface area contributed by atoms with Crippen LogP contribution in [0.1, 0.15) is 45.4 Å². The van der Waals surface area contributed by atoms with Crippen LogP contribution < -0.4 is 0 Å². The number of carbonyl (C=O) groups is 1. The summed E-state index contributed by atoms with van der Waals surface area (Å²) in [5, 5.41) is 1.18. The van der Waals surface area contributed by atoms with Gasteiger partial charge in [-0.25, -0.2) is 0 Å². The van der Waals surface area contributed by atoms with E-state index in [9.17, 15) is 4.79 Å². The van der Waals surface area contributed by atoms with Crippen LogP contribution in [0, 0.1) is 0 Å². The fourth-order valence-corrected chi connectivity index (χ4v) is 4.75. The van der Waals surface area contributed by atoms with Crippen LogP contribution >= 0.6 is 0 Å². The molecule has 0 atom stereocenters. The van der Waals surface area contributed by atoms with E-state index >= 15 is 0 Å². The van der Waals surface area contributed by atoms with E-state index in [1.807, 2.05) is 0 Å². The van der Waals surface area contributed by atoms with Gasteiger partial charge in [0.25, 0.3) is 0 Å². The van der Waals surface area contributed by atoms with Crippen molar-refractivity contribution < 1.29 is 4.79 Å². The zero-order valence-electron chi connectivity index (χ0n) is 11.9. The average Bonchev–Trinajstić information content (AvgIpc) is 2.49. The van der Waals surface area contributed by atoms with Crippen molar-refractivity contribution >= 4 is 13.9 Å². The molecular weight excluding hydrogens is 224 g/mol. The van der Waals surface area contributed by atoms with E-state index in [2.05, 4.69) is 33.1 Å². The number of allylic oxidation sites excluding steroid dienone is 3. The summed E-state index contributed by atoms with van der Waals surface area (Å²) in [5.41, 5.74) is 2.24. The Balaban J connectivity index is 2.74. The molecule has 1 nitrogen and oxygen atoms in total. The zero-order valence-corrected chi connectivity index (χ0v) is 12.9. The number of hydrogen-bond acceptors (Lipinski definition) is 1. The second-order valence-electron chi connectivity index (χ2n) is 6.15. The summed E-state index contributed by atoms with van der Waals surface area (Å²) in [6, 6.07) is 0. The first-order chi connectivity index (χ1) is 7.88. The summed E-state index contributed by atoms with van der Waals surface area (Å²) in [5.74, 6) is 0.273. The zero-order chi connectivity index (χ0) is 13.1. The normalized spacial score (nSPS) is 17.2. The highest BCUT2D eigenvalue weighted by Gasteiger charge is 2.34. The highest BCUT2D eigenvalue weighted by molar-refractivity contribution is 6.88. The van der Waals surface area contributed by atoms with Gasteiger partial charge in [-0.3, -0.25) is 4.79 Å². The van der Waals surface area contributed by atoms with Gasteiger partial charge in [0.15, 0.2) is 5.78 Å². The van der Waals surface area contributed by atoms with Gasteiger partial charge in [-0.1, -0.05) is 58.0 Å². The third kappa shape index (κ3) is 3.67. The number of Topliss-reactive ketones (excluding diaryl/α,β-unsaturated/α-hetero) is 1. The fraction of sp³-hybridized carbons (Fsp3) is 0.667. The van der Waals surface area contributed by atoms with Gasteiger partial charge in [-0.2, -0.15) is 0 Å². The van der Waals surface area contributed by atoms with Crippen LogP contribution in [0.5, 0.6) is 0 Å². The maximum atomic E-state index is 12.1. The second-order valence-corrected chi connectivity index (χ2v) is 11.1. The quantitative estimate of drug-likeness (QED) is 0.381. The third-order valence-corrected chi connectivity index (χ3v) is 5.49. The summed E-state index contributed by atoms with van der Waals surface area (Å²) in [6.45, 7) is 13.0. The summed E-state index contributed by atoms with van der Waals surface area (Å²) in [6.07, 6.45) is 7.07. The van der Waals surface area contributed by atoms with Crippen molar-refractivity contribution in [3.63, 3.8) is 0 Å². The Morgan fingerprint density at radius 3 is 2.35 bits per heavy atom. The van der Waals surface area contributed by atoms with E-state index in [0.717, 1.165) is 18.4 Å². The molecule has 96 valence electrons. The SMILES string of the molecule is C=C1CC(CCCCCC)=C([Si](C)(C)C)C1=O. The van der Waals surface area contributed by atoms with Crippen LogP contribution in [0.25, 0.3) is 0 Å². The monoisotopic (exact) mass is 250 g/mol. The summed E-state index contributed by atoms with van der Waals surface area (Å²) >= 11 is 0. The number of ketones is 1. The highest BCUT2D eigenvalue weighted by Crippen LogP contribution is 2.35. The predicted octanol–water partition coefficient (Wildman–Crippen LogP) is 4.66. The maximum absolute atomic E-state index is 12.1. The Hall–Kier alpha value is -0.633. The van der Waals surface area contributed by atoms with Crippen molar-refractivity contribution in [1.82, 2.24) is 0 Å². The number of unbranched alkanes of at least 4 members (excludes halogenated alkanes) is 3. The summed E-state index contributed by atoms with van der Waals surface area (Å²) in [7, 11) is -1.49. The average molecular weight is 250 g/mol. The van der Waals surface area contributed by atoms with E-state index in [-0.39, 0.29) is 5.78 Å². The van der Waals surface area contributed by atoms with Gasteiger partial charge in [0.2, 0.25) is 0 Å². The molecule has 0 aliphatic heterocycles. The van der Waals surface area contributed by atoms with E-state index in [4.69, 9.17) is 0 Å². The fourth-order valence-electron chi connectivity index (χ4n) is 2.61. The molecule has 0 unspecified atom stereocenters. The molecule has 0 fully saturated rings. The third-order valence-electron chi connectivity index (χ3n) is 3.41. The molecule has 0 saturated carbocycles. The number of carbonyl (C=O) groups excluding carboxylic acids is 1. The Bertz CT molecular complexity index is 344. The lowest BCUT2D eigenvalue weighted by Gasteiger charge is -2.19. The summed E-state index contributed by atoms with van der Waals surface area (Å²) < 4.78 is 0. The lowest BCUT2D eigenvalue weighted by atomic mass is 10.1. The van der Waals surface area contributed by atoms with Crippen molar-refractivity contribution in [2.75, 3.05) is 0 Å². The summed E-state index contributed by atoms with van der Waals surface area (Å²) in [4.78, 5) is 12.1. The number of rotatable bonds is 6. The molecule has 0 aromatic carbocycles. The van der Waals surface area contributed by atoms with Crippen LogP contribution in [-0.2, 0) is 4.79 Å². The van der Waals surface area contributed by atoms with Crippen LogP contribution in [0.2, 0.25) is 19.6 Å². The topological polar surface area (TPSA) is 17.1 Å². The molecule has 1 rings (SSSR count). The van der Waals surface area contributed by atoms with Gasteiger partial charge in [0.1, 0.15) is 0 Å². The Morgan fingerprint density at radius 2 is 1.82 bits per heavy atom. The van der Waals surface area contributed by atoms with E-state index in [1.54, 1.807) is 0 Å². The van der Waals surface area contributed by atoms with Gasteiger partial charge >= 0.3 is 0 Å². The lowest BCUT2D eigenvalue weighted by Crippen LogP contribution is -2.28. The van der Waals surface area contributed by atoms with Gasteiger partial charge in [-0.15, -0.1) is 0 Å². The molecule has 0 amide bonds. The minimum absolute atomic E-state index is 0.273. The van der Waals surface area contributed by atoms with Gasteiger partial charge < -0.3 is 0 Å². The minimum Gasteiger partial charge on any atom is -0.290 e. The molecule has 0 bridgehead atoms. The minimum atomic E-state index is -1.49. The van der Waals surface area contributed by atoms with Crippen molar-refractivity contribution in [2.45, 2.75) is 65.1 Å². The van der Waals surface area contributed by atoms with Gasteiger partial charge in [0.05, 0.1) is 8.07 Å². The molecule has 17 heavy (non-hydrogen) atoms. The molecule has 1 aliphatic carbocycles. The van der Waals surface area contributed by atoms with Crippen molar-refractivity contribution in [3.8, 4) is 0 Å². The molecule has 0 heterocycles. The molecule has 0 aromatic rings. The van der Waals surface area contributed by atoms with Crippen molar-refractivity contribution in [2.24, 2.45) is 0 Å². The standard InChI is InChI=1S/C15H26OSi/c1-6-7-8-9-10-13-11-12(2)14(16)15(13)17(3,4)5/h2,6-11H2,1,3-5H3. The number of hydrogen-bond donors (Lipinski definition) is 0. The maximum Gasteiger partial charge on any atom is 0.180 e. The molecule has 0 N–H and O–H groups in total. The molecule has 0 aromatic heterocycles. The van der Waals surface area contributed by atoms with E-state index < -0.39 is 8.07 Å². The molecule has 0 saturated heterocycles. The van der Waals surface area contributed by atoms with E-state index in [1.165, 1.54) is 36.5 Å². The first kappa shape index (κ1) is 14.4. The van der Waals surface area contributed by atoms with Crippen LogP contribution in [0.3, 0.4) is 0 Å². The van der Waals surface area contributed by atoms with Crippen molar-refractivity contribution in [1.29, 1.82) is 0 Å². The Kier molecular flexibility index (Phi) is 4.93. The predicted molar refractivity (Wildman–Crippen MR) is 77.9 cm³/mol. The largest absolute Gasteiger partial charge is 0.290 e. The van der Waals surface area contributed by atoms with Crippen molar-refractivity contribution in [3.05, 3.63) is 22.9 Å². The second kappa shape index (κ2) is 5.81. The Labute approximate surface area is 107 Å². The first-order valence-electron chi connectivity index (χ1n) is 6.83. The van der Waals surface area contributed by atoms with E-state index in [0.29, 0.717) is 0 Å². The highest BCUT2D eigenvalue weighted by atomic mass is 28.3. The first-order valence-corrected chi connectivity index (χ1v) is 10.3. The molecule has 0 radical (unpaired) electrons. The van der Waals surface area contributed by atoms with Crippen LogP contribution in [-0.4, -0.2) is 13.9 Å². The molecular formula is C15H26OSi. The molecule has 2 heteroatoms. The van der Waals surface area contributed by atoms with Gasteiger partial charge in [0, 0.05) is 0 Å². The van der Waals surface area contributed by atoms with Crippen LogP contribution in [0.4, 0.5) is 0 Å². The Morgan fingerprint density at radius 1 is 1.18 bits per heavy atom.